The zero-order valence-electron chi connectivity index (χ0n) is 11.3. The predicted octanol–water partition coefficient (Wildman–Crippen LogP) is 1.26. The Bertz CT molecular complexity index is 476. The fourth-order valence-electron chi connectivity index (χ4n) is 2.15. The van der Waals surface area contributed by atoms with Crippen LogP contribution in [0, 0.1) is 5.82 Å². The van der Waals surface area contributed by atoms with Crippen LogP contribution in [0.5, 0.6) is 0 Å². The van der Waals surface area contributed by atoms with Gasteiger partial charge in [0.2, 0.25) is 5.91 Å². The Morgan fingerprint density at radius 1 is 1.58 bits per heavy atom. The van der Waals surface area contributed by atoms with Crippen LogP contribution in [0.4, 0.5) is 10.1 Å². The van der Waals surface area contributed by atoms with E-state index in [0.717, 1.165) is 18.5 Å². The van der Waals surface area contributed by atoms with Crippen molar-refractivity contribution in [2.75, 3.05) is 18.5 Å². The number of anilines is 1. The highest BCUT2D eigenvalue weighted by atomic mass is 19.1. The van der Waals surface area contributed by atoms with Crippen molar-refractivity contribution in [3.63, 3.8) is 0 Å². The number of benzene rings is 1. The summed E-state index contributed by atoms with van der Waals surface area (Å²) in [6.07, 6.45) is 2.15. The molecule has 1 saturated carbocycles. The molecule has 1 amide bonds. The molecular formula is C14H20FN3O. The first kappa shape index (κ1) is 13.8. The fourth-order valence-corrected chi connectivity index (χ4v) is 2.15. The third kappa shape index (κ3) is 3.44. The van der Waals surface area contributed by atoms with Gasteiger partial charge in [0, 0.05) is 25.3 Å². The lowest BCUT2D eigenvalue weighted by atomic mass is 10.0. The zero-order valence-corrected chi connectivity index (χ0v) is 11.3. The highest BCUT2D eigenvalue weighted by molar-refractivity contribution is 5.85. The molecule has 0 saturated heterocycles. The van der Waals surface area contributed by atoms with Crippen LogP contribution >= 0.6 is 0 Å². The molecule has 5 heteroatoms. The van der Waals surface area contributed by atoms with E-state index in [1.54, 1.807) is 13.0 Å². The molecule has 1 aliphatic carbocycles. The van der Waals surface area contributed by atoms with Crippen molar-refractivity contribution in [1.82, 2.24) is 5.32 Å². The molecular weight excluding hydrogens is 245 g/mol. The van der Waals surface area contributed by atoms with E-state index < -0.39 is 5.54 Å². The number of hydrogen-bond donors (Lipinski definition) is 2. The van der Waals surface area contributed by atoms with E-state index in [-0.39, 0.29) is 11.7 Å². The SMILES string of the molecule is CN(CC(C)(NC1CC1)C(N)=O)c1cccc(F)c1. The maximum absolute atomic E-state index is 13.2. The summed E-state index contributed by atoms with van der Waals surface area (Å²) < 4.78 is 13.2. The van der Waals surface area contributed by atoms with Crippen LogP contribution < -0.4 is 16.0 Å². The lowest BCUT2D eigenvalue weighted by Crippen LogP contribution is -2.59. The van der Waals surface area contributed by atoms with Gasteiger partial charge in [0.25, 0.3) is 0 Å². The van der Waals surface area contributed by atoms with Gasteiger partial charge in [-0.1, -0.05) is 6.07 Å². The number of carbonyl (C=O) groups is 1. The van der Waals surface area contributed by atoms with Crippen LogP contribution in [0.2, 0.25) is 0 Å². The molecule has 0 aliphatic heterocycles. The number of halogens is 1. The largest absolute Gasteiger partial charge is 0.372 e. The number of rotatable bonds is 6. The normalized spacial score (nSPS) is 17.8. The Labute approximate surface area is 112 Å². The maximum Gasteiger partial charge on any atom is 0.239 e. The summed E-state index contributed by atoms with van der Waals surface area (Å²) in [6, 6.07) is 6.67. The smallest absolute Gasteiger partial charge is 0.239 e. The second kappa shape index (κ2) is 5.17. The third-order valence-electron chi connectivity index (χ3n) is 3.45. The summed E-state index contributed by atoms with van der Waals surface area (Å²) in [7, 11) is 1.82. The molecule has 4 nitrogen and oxygen atoms in total. The average molecular weight is 265 g/mol. The Morgan fingerprint density at radius 3 is 2.79 bits per heavy atom. The highest BCUT2D eigenvalue weighted by Gasteiger charge is 2.38. The van der Waals surface area contributed by atoms with Crippen LogP contribution in [-0.4, -0.2) is 31.1 Å². The molecule has 0 aromatic heterocycles. The molecule has 1 unspecified atom stereocenters. The first-order valence-corrected chi connectivity index (χ1v) is 6.45. The number of hydrogen-bond acceptors (Lipinski definition) is 3. The molecule has 2 rings (SSSR count). The number of nitrogens with one attached hydrogen (secondary N) is 1. The summed E-state index contributed by atoms with van der Waals surface area (Å²) in [5, 5.41) is 3.27. The Morgan fingerprint density at radius 2 is 2.26 bits per heavy atom. The van der Waals surface area contributed by atoms with Gasteiger partial charge < -0.3 is 10.6 Å². The van der Waals surface area contributed by atoms with E-state index in [4.69, 9.17) is 5.73 Å². The van der Waals surface area contributed by atoms with E-state index in [1.165, 1.54) is 12.1 Å². The lowest BCUT2D eigenvalue weighted by Gasteiger charge is -2.33. The molecule has 19 heavy (non-hydrogen) atoms. The molecule has 0 radical (unpaired) electrons. The van der Waals surface area contributed by atoms with E-state index >= 15 is 0 Å². The lowest BCUT2D eigenvalue weighted by molar-refractivity contribution is -0.123. The van der Waals surface area contributed by atoms with E-state index in [1.807, 2.05) is 18.0 Å². The second-order valence-corrected chi connectivity index (χ2v) is 5.45. The molecule has 1 atom stereocenters. The molecule has 0 heterocycles. The molecule has 104 valence electrons. The van der Waals surface area contributed by atoms with Gasteiger partial charge >= 0.3 is 0 Å². The second-order valence-electron chi connectivity index (χ2n) is 5.45. The summed E-state index contributed by atoms with van der Waals surface area (Å²) >= 11 is 0. The standard InChI is InChI=1S/C14H20FN3O/c1-14(13(16)19,17-11-6-7-11)9-18(2)12-5-3-4-10(15)8-12/h3-5,8,11,17H,6-7,9H2,1-2H3,(H2,16,19). The summed E-state index contributed by atoms with van der Waals surface area (Å²) in [6.45, 7) is 2.20. The van der Waals surface area contributed by atoms with E-state index in [2.05, 4.69) is 5.32 Å². The Hall–Kier alpha value is -1.62. The molecule has 1 fully saturated rings. The van der Waals surface area contributed by atoms with Gasteiger partial charge in [-0.2, -0.15) is 0 Å². The monoisotopic (exact) mass is 265 g/mol. The predicted molar refractivity (Wildman–Crippen MR) is 73.4 cm³/mol. The van der Waals surface area contributed by atoms with Crippen molar-refractivity contribution in [3.05, 3.63) is 30.1 Å². The van der Waals surface area contributed by atoms with Crippen molar-refractivity contribution in [3.8, 4) is 0 Å². The fraction of sp³-hybridized carbons (Fsp3) is 0.500. The van der Waals surface area contributed by atoms with Crippen molar-refractivity contribution >= 4 is 11.6 Å². The van der Waals surface area contributed by atoms with Crippen molar-refractivity contribution < 1.29 is 9.18 Å². The molecule has 1 aromatic carbocycles. The summed E-state index contributed by atoms with van der Waals surface area (Å²) in [5.74, 6) is -0.678. The van der Waals surface area contributed by atoms with E-state index in [0.29, 0.717) is 12.6 Å². The molecule has 0 bridgehead atoms. The van der Waals surface area contributed by atoms with Gasteiger partial charge in [0.15, 0.2) is 0 Å². The van der Waals surface area contributed by atoms with E-state index in [9.17, 15) is 9.18 Å². The number of carbonyl (C=O) groups excluding carboxylic acids is 1. The minimum absolute atomic E-state index is 0.291. The Kier molecular flexibility index (Phi) is 3.75. The number of primary amides is 1. The first-order valence-electron chi connectivity index (χ1n) is 6.45. The molecule has 3 N–H and O–H groups in total. The van der Waals surface area contributed by atoms with Crippen LogP contribution in [0.25, 0.3) is 0 Å². The number of nitrogens with zero attached hydrogens (tertiary/aromatic N) is 1. The van der Waals surface area contributed by atoms with Crippen LogP contribution in [-0.2, 0) is 4.79 Å². The van der Waals surface area contributed by atoms with Crippen molar-refractivity contribution in [2.24, 2.45) is 5.73 Å². The summed E-state index contributed by atoms with van der Waals surface area (Å²) in [4.78, 5) is 13.5. The molecule has 1 aliphatic rings. The summed E-state index contributed by atoms with van der Waals surface area (Å²) in [5.41, 5.74) is 5.42. The number of likely N-dealkylation sites (N-methyl/N-ethyl adjacent to an activating group) is 1. The van der Waals surface area contributed by atoms with Gasteiger partial charge in [0.1, 0.15) is 11.4 Å². The Balaban J connectivity index is 2.09. The zero-order chi connectivity index (χ0) is 14.0. The number of amides is 1. The van der Waals surface area contributed by atoms with Crippen molar-refractivity contribution in [1.29, 1.82) is 0 Å². The van der Waals surface area contributed by atoms with Gasteiger partial charge in [-0.25, -0.2) is 4.39 Å². The minimum Gasteiger partial charge on any atom is -0.372 e. The van der Waals surface area contributed by atoms with Crippen LogP contribution in [0.3, 0.4) is 0 Å². The average Bonchev–Trinajstić information content (AvgIpc) is 3.12. The van der Waals surface area contributed by atoms with Gasteiger partial charge in [-0.15, -0.1) is 0 Å². The topological polar surface area (TPSA) is 58.4 Å². The molecule has 1 aromatic rings. The van der Waals surface area contributed by atoms with Gasteiger partial charge in [0.05, 0.1) is 0 Å². The molecule has 0 spiro atoms. The van der Waals surface area contributed by atoms with Crippen LogP contribution in [0.1, 0.15) is 19.8 Å². The first-order chi connectivity index (χ1) is 8.90. The highest BCUT2D eigenvalue weighted by Crippen LogP contribution is 2.24. The minimum atomic E-state index is -0.803. The third-order valence-corrected chi connectivity index (χ3v) is 3.45. The van der Waals surface area contributed by atoms with Crippen LogP contribution in [0.15, 0.2) is 24.3 Å². The van der Waals surface area contributed by atoms with Gasteiger partial charge in [-0.05, 0) is 38.0 Å². The van der Waals surface area contributed by atoms with Gasteiger partial charge in [-0.3, -0.25) is 10.1 Å². The number of nitrogens with two attached hydrogens (primary N) is 1. The van der Waals surface area contributed by atoms with Crippen molar-refractivity contribution in [2.45, 2.75) is 31.3 Å². The quantitative estimate of drug-likeness (QED) is 0.814. The maximum atomic E-state index is 13.2.